The van der Waals surface area contributed by atoms with Gasteiger partial charge in [0, 0.05) is 39.1 Å². The molecule has 7 nitrogen and oxygen atoms in total. The first kappa shape index (κ1) is 23.4. The highest BCUT2D eigenvalue weighted by atomic mass is 16.5. The molecule has 0 saturated carbocycles. The number of rotatable bonds is 5. The minimum Gasteiger partial charge on any atom is -0.492 e. The number of likely N-dealkylation sites (tertiary alicyclic amines) is 1. The molecule has 1 aromatic carbocycles. The number of piperidine rings is 1. The third-order valence-electron chi connectivity index (χ3n) is 6.03. The first-order valence-electron chi connectivity index (χ1n) is 11.4. The molecule has 0 atom stereocenters. The molecule has 2 aliphatic heterocycles. The molecule has 2 saturated heterocycles. The lowest BCUT2D eigenvalue weighted by atomic mass is 9.87. The summed E-state index contributed by atoms with van der Waals surface area (Å²) in [5.41, 5.74) is 1.37. The number of amides is 1. The zero-order valence-electron chi connectivity index (χ0n) is 19.5. The van der Waals surface area contributed by atoms with Crippen LogP contribution in [-0.2, 0) is 14.9 Å². The van der Waals surface area contributed by atoms with E-state index in [2.05, 4.69) is 48.1 Å². The number of nitrogens with zero attached hydrogens (tertiary/aromatic N) is 3. The van der Waals surface area contributed by atoms with Crippen molar-refractivity contribution in [1.82, 2.24) is 15.1 Å². The molecule has 1 amide bonds. The highest BCUT2D eigenvalue weighted by molar-refractivity contribution is 5.81. The monoisotopic (exact) mass is 430 g/mol. The number of carbonyl (C=O) groups is 1. The minimum atomic E-state index is 0.106. The Kier molecular flexibility index (Phi) is 8.18. The number of hydrogen-bond donors (Lipinski definition) is 1. The summed E-state index contributed by atoms with van der Waals surface area (Å²) < 4.78 is 11.3. The fourth-order valence-corrected chi connectivity index (χ4v) is 4.10. The normalized spacial score (nSPS) is 18.8. The summed E-state index contributed by atoms with van der Waals surface area (Å²) in [7, 11) is 1.81. The third-order valence-corrected chi connectivity index (χ3v) is 6.03. The molecule has 1 aromatic rings. The topological polar surface area (TPSA) is 66.4 Å². The number of nitrogens with one attached hydrogen (secondary N) is 1. The number of morpholine rings is 1. The van der Waals surface area contributed by atoms with Gasteiger partial charge in [0.05, 0.1) is 19.8 Å². The number of hydrogen-bond acceptors (Lipinski definition) is 4. The molecule has 0 spiro atoms. The minimum absolute atomic E-state index is 0.106. The van der Waals surface area contributed by atoms with E-state index in [1.165, 1.54) is 5.56 Å². The first-order chi connectivity index (χ1) is 14.9. The van der Waals surface area contributed by atoms with E-state index in [1.807, 2.05) is 17.0 Å². The van der Waals surface area contributed by atoms with Gasteiger partial charge in [-0.3, -0.25) is 9.79 Å². The fraction of sp³-hybridized carbons (Fsp3) is 0.667. The zero-order valence-corrected chi connectivity index (χ0v) is 19.5. The second-order valence-corrected chi connectivity index (χ2v) is 9.30. The third kappa shape index (κ3) is 6.60. The second-order valence-electron chi connectivity index (χ2n) is 9.30. The lowest BCUT2D eigenvalue weighted by molar-refractivity contribution is -0.140. The van der Waals surface area contributed by atoms with Gasteiger partial charge in [0.2, 0.25) is 5.91 Å². The predicted molar refractivity (Wildman–Crippen MR) is 124 cm³/mol. The Morgan fingerprint density at radius 1 is 1.16 bits per heavy atom. The van der Waals surface area contributed by atoms with E-state index in [1.54, 1.807) is 7.05 Å². The first-order valence-corrected chi connectivity index (χ1v) is 11.4. The van der Waals surface area contributed by atoms with Gasteiger partial charge < -0.3 is 24.6 Å². The quantitative estimate of drug-likeness (QED) is 0.442. The van der Waals surface area contributed by atoms with Crippen molar-refractivity contribution in [3.63, 3.8) is 0 Å². The van der Waals surface area contributed by atoms with Crippen LogP contribution >= 0.6 is 0 Å². The van der Waals surface area contributed by atoms with Crippen LogP contribution in [0.5, 0.6) is 5.75 Å². The number of ether oxygens (including phenoxy) is 2. The number of guanidine groups is 1. The van der Waals surface area contributed by atoms with Crippen LogP contribution in [-0.4, -0.2) is 81.3 Å². The van der Waals surface area contributed by atoms with Crippen LogP contribution in [0.3, 0.4) is 0 Å². The molecule has 2 fully saturated rings. The van der Waals surface area contributed by atoms with Gasteiger partial charge in [-0.05, 0) is 36.0 Å². The second kappa shape index (κ2) is 10.8. The summed E-state index contributed by atoms with van der Waals surface area (Å²) in [5.74, 6) is 2.18. The highest BCUT2D eigenvalue weighted by Gasteiger charge is 2.30. The molecule has 31 heavy (non-hydrogen) atoms. The van der Waals surface area contributed by atoms with Gasteiger partial charge in [0.15, 0.2) is 5.96 Å². The summed E-state index contributed by atoms with van der Waals surface area (Å²) in [5, 5.41) is 3.40. The van der Waals surface area contributed by atoms with Gasteiger partial charge in [0.1, 0.15) is 12.4 Å². The van der Waals surface area contributed by atoms with E-state index < -0.39 is 0 Å². The van der Waals surface area contributed by atoms with Gasteiger partial charge in [-0.25, -0.2) is 0 Å². The molecule has 0 unspecified atom stereocenters. The molecule has 2 aliphatic rings. The Morgan fingerprint density at radius 2 is 1.87 bits per heavy atom. The summed E-state index contributed by atoms with van der Waals surface area (Å²) in [6.07, 6.45) is 1.74. The smallest absolute Gasteiger partial charge is 0.225 e. The number of carbonyl (C=O) groups excluding carboxylic acids is 1. The van der Waals surface area contributed by atoms with E-state index in [0.29, 0.717) is 26.4 Å². The molecule has 2 heterocycles. The van der Waals surface area contributed by atoms with E-state index in [0.717, 1.165) is 50.7 Å². The maximum atomic E-state index is 12.7. The zero-order chi connectivity index (χ0) is 22.3. The van der Waals surface area contributed by atoms with Crippen LogP contribution in [0.15, 0.2) is 29.3 Å². The molecule has 0 bridgehead atoms. The van der Waals surface area contributed by atoms with Crippen LogP contribution in [0.1, 0.15) is 39.2 Å². The van der Waals surface area contributed by atoms with Crippen molar-refractivity contribution in [3.05, 3.63) is 29.8 Å². The average Bonchev–Trinajstić information content (AvgIpc) is 2.79. The van der Waals surface area contributed by atoms with Crippen molar-refractivity contribution < 1.29 is 14.3 Å². The maximum Gasteiger partial charge on any atom is 0.225 e. The Morgan fingerprint density at radius 3 is 2.52 bits per heavy atom. The summed E-state index contributed by atoms with van der Waals surface area (Å²) in [4.78, 5) is 21.3. The molecular formula is C24H38N4O3. The SMILES string of the molecule is CN=C(NCCOc1cccc(C(C)(C)C)c1)N1CCC(C(=O)N2CCOCC2)CC1. The van der Waals surface area contributed by atoms with Gasteiger partial charge in [-0.2, -0.15) is 0 Å². The molecule has 3 rings (SSSR count). The van der Waals surface area contributed by atoms with Crippen LogP contribution in [0.25, 0.3) is 0 Å². The number of aliphatic imine (C=N–C) groups is 1. The van der Waals surface area contributed by atoms with E-state index in [9.17, 15) is 4.79 Å². The lowest BCUT2D eigenvalue weighted by Gasteiger charge is -2.36. The molecule has 0 radical (unpaired) electrons. The van der Waals surface area contributed by atoms with Gasteiger partial charge in [-0.15, -0.1) is 0 Å². The average molecular weight is 431 g/mol. The lowest BCUT2D eigenvalue weighted by Crippen LogP contribution is -2.50. The molecule has 172 valence electrons. The van der Waals surface area contributed by atoms with Crippen molar-refractivity contribution in [3.8, 4) is 5.75 Å². The van der Waals surface area contributed by atoms with Crippen molar-refractivity contribution >= 4 is 11.9 Å². The molecule has 7 heteroatoms. The van der Waals surface area contributed by atoms with E-state index >= 15 is 0 Å². The van der Waals surface area contributed by atoms with Crippen LogP contribution in [0, 0.1) is 5.92 Å². The van der Waals surface area contributed by atoms with Crippen LogP contribution in [0.2, 0.25) is 0 Å². The Balaban J connectivity index is 1.40. The van der Waals surface area contributed by atoms with Crippen molar-refractivity contribution in [2.24, 2.45) is 10.9 Å². The van der Waals surface area contributed by atoms with Crippen LogP contribution in [0.4, 0.5) is 0 Å². The Bertz CT molecular complexity index is 745. The Hall–Kier alpha value is -2.28. The van der Waals surface area contributed by atoms with Crippen molar-refractivity contribution in [2.75, 3.05) is 59.6 Å². The molecule has 0 aliphatic carbocycles. The maximum absolute atomic E-state index is 12.7. The van der Waals surface area contributed by atoms with E-state index in [4.69, 9.17) is 9.47 Å². The van der Waals surface area contributed by atoms with Crippen LogP contribution < -0.4 is 10.1 Å². The molecule has 0 aromatic heterocycles. The summed E-state index contributed by atoms with van der Waals surface area (Å²) >= 11 is 0. The fourth-order valence-electron chi connectivity index (χ4n) is 4.10. The molecule has 1 N–H and O–H groups in total. The summed E-state index contributed by atoms with van der Waals surface area (Å²) in [6, 6.07) is 8.30. The van der Waals surface area contributed by atoms with Gasteiger partial charge >= 0.3 is 0 Å². The highest BCUT2D eigenvalue weighted by Crippen LogP contribution is 2.25. The predicted octanol–water partition coefficient (Wildman–Crippen LogP) is 2.51. The standard InChI is InChI=1S/C24H38N4O3/c1-24(2,3)20-6-5-7-21(18-20)31-15-10-26-23(25-4)28-11-8-19(9-12-28)22(29)27-13-16-30-17-14-27/h5-7,18-19H,8-17H2,1-4H3,(H,25,26). The molecular weight excluding hydrogens is 392 g/mol. The van der Waals surface area contributed by atoms with E-state index in [-0.39, 0.29) is 17.2 Å². The van der Waals surface area contributed by atoms with Gasteiger partial charge in [-0.1, -0.05) is 32.9 Å². The number of benzene rings is 1. The van der Waals surface area contributed by atoms with Crippen molar-refractivity contribution in [1.29, 1.82) is 0 Å². The Labute approximate surface area is 186 Å². The summed E-state index contributed by atoms with van der Waals surface area (Å²) in [6.45, 7) is 12.3. The van der Waals surface area contributed by atoms with Crippen molar-refractivity contribution in [2.45, 2.75) is 39.0 Å². The largest absolute Gasteiger partial charge is 0.492 e. The van der Waals surface area contributed by atoms with Gasteiger partial charge in [0.25, 0.3) is 0 Å².